The molecule has 3 N–H and O–H groups in total. The van der Waals surface area contributed by atoms with Gasteiger partial charge >= 0.3 is 0 Å². The van der Waals surface area contributed by atoms with E-state index >= 15 is 0 Å². The zero-order valence-electron chi connectivity index (χ0n) is 12.5. The highest BCUT2D eigenvalue weighted by molar-refractivity contribution is 5.79. The molecule has 0 saturated heterocycles. The first-order valence-corrected chi connectivity index (χ1v) is 7.33. The molecule has 106 valence electrons. The maximum Gasteiger partial charge on any atom is 0.223 e. The van der Waals surface area contributed by atoms with Crippen LogP contribution in [0.2, 0.25) is 0 Å². The minimum atomic E-state index is 0.157. The summed E-state index contributed by atoms with van der Waals surface area (Å²) in [4.78, 5) is 12.2. The molecule has 2 atom stereocenters. The summed E-state index contributed by atoms with van der Waals surface area (Å²) in [6, 6.07) is 0. The van der Waals surface area contributed by atoms with E-state index in [9.17, 15) is 4.79 Å². The van der Waals surface area contributed by atoms with Crippen molar-refractivity contribution < 1.29 is 4.79 Å². The SMILES string of the molecule is CC(C)CC(C)(C)CNC(=O)[C@@H]1CCC[C@@H]1CN. The second kappa shape index (κ2) is 6.55. The van der Waals surface area contributed by atoms with Crippen LogP contribution in [0.4, 0.5) is 0 Å². The zero-order chi connectivity index (χ0) is 13.8. The molecule has 0 heterocycles. The fourth-order valence-corrected chi connectivity index (χ4v) is 3.30. The van der Waals surface area contributed by atoms with E-state index in [4.69, 9.17) is 5.73 Å². The van der Waals surface area contributed by atoms with Crippen molar-refractivity contribution >= 4 is 5.91 Å². The molecular weight excluding hydrogens is 224 g/mol. The summed E-state index contributed by atoms with van der Waals surface area (Å²) < 4.78 is 0. The number of carbonyl (C=O) groups is 1. The van der Waals surface area contributed by atoms with Crippen LogP contribution >= 0.6 is 0 Å². The quantitative estimate of drug-likeness (QED) is 0.765. The van der Waals surface area contributed by atoms with E-state index in [0.717, 1.165) is 32.2 Å². The van der Waals surface area contributed by atoms with Crippen LogP contribution in [-0.4, -0.2) is 19.0 Å². The Morgan fingerprint density at radius 2 is 2.06 bits per heavy atom. The molecule has 1 rings (SSSR count). The van der Waals surface area contributed by atoms with Gasteiger partial charge in [-0.15, -0.1) is 0 Å². The highest BCUT2D eigenvalue weighted by Gasteiger charge is 2.32. The smallest absolute Gasteiger partial charge is 0.223 e. The summed E-state index contributed by atoms with van der Waals surface area (Å²) in [6.45, 7) is 10.3. The lowest BCUT2D eigenvalue weighted by molar-refractivity contribution is -0.126. The summed E-state index contributed by atoms with van der Waals surface area (Å²) in [7, 11) is 0. The van der Waals surface area contributed by atoms with E-state index in [1.165, 1.54) is 0 Å². The van der Waals surface area contributed by atoms with Crippen LogP contribution in [0.5, 0.6) is 0 Å². The molecule has 3 nitrogen and oxygen atoms in total. The molecule has 0 spiro atoms. The molecule has 1 saturated carbocycles. The molecule has 0 aromatic heterocycles. The van der Waals surface area contributed by atoms with Crippen molar-refractivity contribution in [2.45, 2.75) is 53.4 Å². The molecule has 1 amide bonds. The van der Waals surface area contributed by atoms with Crippen molar-refractivity contribution in [2.24, 2.45) is 28.9 Å². The Hall–Kier alpha value is -0.570. The Balaban J connectivity index is 2.41. The van der Waals surface area contributed by atoms with Crippen LogP contribution in [0.25, 0.3) is 0 Å². The van der Waals surface area contributed by atoms with E-state index in [-0.39, 0.29) is 17.2 Å². The minimum Gasteiger partial charge on any atom is -0.355 e. The van der Waals surface area contributed by atoms with E-state index in [2.05, 4.69) is 33.0 Å². The van der Waals surface area contributed by atoms with Crippen molar-refractivity contribution in [2.75, 3.05) is 13.1 Å². The molecule has 0 unspecified atom stereocenters. The maximum absolute atomic E-state index is 12.2. The second-order valence-corrected chi connectivity index (χ2v) is 7.01. The lowest BCUT2D eigenvalue weighted by atomic mass is 9.83. The number of hydrogen-bond acceptors (Lipinski definition) is 2. The van der Waals surface area contributed by atoms with E-state index in [1.54, 1.807) is 0 Å². The first-order chi connectivity index (χ1) is 8.35. The van der Waals surface area contributed by atoms with Gasteiger partial charge in [-0.25, -0.2) is 0 Å². The first-order valence-electron chi connectivity index (χ1n) is 7.33. The number of amides is 1. The van der Waals surface area contributed by atoms with Crippen LogP contribution in [0, 0.1) is 23.2 Å². The number of carbonyl (C=O) groups excluding carboxylic acids is 1. The van der Waals surface area contributed by atoms with Gasteiger partial charge in [0.05, 0.1) is 0 Å². The maximum atomic E-state index is 12.2. The fourth-order valence-electron chi connectivity index (χ4n) is 3.30. The molecule has 0 aromatic rings. The van der Waals surface area contributed by atoms with Crippen LogP contribution < -0.4 is 11.1 Å². The molecule has 1 fully saturated rings. The standard InChI is InChI=1S/C15H30N2O/c1-11(2)8-15(3,4)10-17-14(18)13-7-5-6-12(13)9-16/h11-13H,5-10,16H2,1-4H3,(H,17,18)/t12-,13-/m1/s1. The Bertz CT molecular complexity index is 274. The molecule has 3 heteroatoms. The Morgan fingerprint density at radius 3 is 2.61 bits per heavy atom. The predicted octanol–water partition coefficient (Wildman–Crippen LogP) is 2.55. The highest BCUT2D eigenvalue weighted by atomic mass is 16.1. The summed E-state index contributed by atoms with van der Waals surface area (Å²) >= 11 is 0. The minimum absolute atomic E-state index is 0.157. The number of rotatable bonds is 6. The average Bonchev–Trinajstić information content (AvgIpc) is 2.72. The van der Waals surface area contributed by atoms with Gasteiger partial charge in [-0.05, 0) is 43.1 Å². The number of nitrogens with one attached hydrogen (secondary N) is 1. The number of nitrogens with two attached hydrogens (primary N) is 1. The van der Waals surface area contributed by atoms with Crippen molar-refractivity contribution in [1.29, 1.82) is 0 Å². The van der Waals surface area contributed by atoms with E-state index < -0.39 is 0 Å². The van der Waals surface area contributed by atoms with Crippen molar-refractivity contribution in [1.82, 2.24) is 5.32 Å². The third-order valence-corrected chi connectivity index (χ3v) is 4.00. The van der Waals surface area contributed by atoms with Crippen molar-refractivity contribution in [3.8, 4) is 0 Å². The highest BCUT2D eigenvalue weighted by Crippen LogP contribution is 2.31. The van der Waals surface area contributed by atoms with Gasteiger partial charge in [0.15, 0.2) is 0 Å². The van der Waals surface area contributed by atoms with Gasteiger partial charge in [0.25, 0.3) is 0 Å². The summed E-state index contributed by atoms with van der Waals surface area (Å²) in [5.74, 6) is 1.45. The normalized spacial score (nSPS) is 24.6. The largest absolute Gasteiger partial charge is 0.355 e. The monoisotopic (exact) mass is 254 g/mol. The Morgan fingerprint density at radius 1 is 1.39 bits per heavy atom. The summed E-state index contributed by atoms with van der Waals surface area (Å²) in [5.41, 5.74) is 5.91. The molecular formula is C15H30N2O. The molecule has 0 bridgehead atoms. The third-order valence-electron chi connectivity index (χ3n) is 4.00. The van der Waals surface area contributed by atoms with Gasteiger partial charge in [-0.2, -0.15) is 0 Å². The third kappa shape index (κ3) is 4.60. The van der Waals surface area contributed by atoms with Gasteiger partial charge in [0.1, 0.15) is 0 Å². The fraction of sp³-hybridized carbons (Fsp3) is 0.933. The van der Waals surface area contributed by atoms with Crippen molar-refractivity contribution in [3.05, 3.63) is 0 Å². The van der Waals surface area contributed by atoms with Crippen LogP contribution in [0.1, 0.15) is 53.4 Å². The molecule has 0 aromatic carbocycles. The summed E-state index contributed by atoms with van der Waals surface area (Å²) in [6.07, 6.45) is 4.41. The van der Waals surface area contributed by atoms with Gasteiger partial charge in [0.2, 0.25) is 5.91 Å². The average molecular weight is 254 g/mol. The molecule has 0 radical (unpaired) electrons. The molecule has 1 aliphatic carbocycles. The lowest BCUT2D eigenvalue weighted by Crippen LogP contribution is -2.40. The Kier molecular flexibility index (Phi) is 5.64. The molecule has 18 heavy (non-hydrogen) atoms. The summed E-state index contributed by atoms with van der Waals surface area (Å²) in [5, 5.41) is 3.14. The van der Waals surface area contributed by atoms with Crippen LogP contribution in [0.15, 0.2) is 0 Å². The lowest BCUT2D eigenvalue weighted by Gasteiger charge is -2.28. The predicted molar refractivity (Wildman–Crippen MR) is 76.1 cm³/mol. The van der Waals surface area contributed by atoms with Gasteiger partial charge in [-0.1, -0.05) is 34.1 Å². The Labute approximate surface area is 112 Å². The van der Waals surface area contributed by atoms with Crippen LogP contribution in [0.3, 0.4) is 0 Å². The molecule has 1 aliphatic rings. The topological polar surface area (TPSA) is 55.1 Å². The first kappa shape index (κ1) is 15.5. The van der Waals surface area contributed by atoms with Crippen LogP contribution in [-0.2, 0) is 4.79 Å². The number of hydrogen-bond donors (Lipinski definition) is 2. The zero-order valence-corrected chi connectivity index (χ0v) is 12.5. The van der Waals surface area contributed by atoms with Gasteiger partial charge < -0.3 is 11.1 Å². The van der Waals surface area contributed by atoms with E-state index in [1.807, 2.05) is 0 Å². The van der Waals surface area contributed by atoms with Gasteiger partial charge in [-0.3, -0.25) is 4.79 Å². The van der Waals surface area contributed by atoms with E-state index in [0.29, 0.717) is 18.4 Å². The second-order valence-electron chi connectivity index (χ2n) is 7.01. The van der Waals surface area contributed by atoms with Crippen molar-refractivity contribution in [3.63, 3.8) is 0 Å². The molecule has 0 aliphatic heterocycles. The van der Waals surface area contributed by atoms with Gasteiger partial charge in [0, 0.05) is 12.5 Å².